The van der Waals surface area contributed by atoms with Crippen molar-refractivity contribution in [1.82, 2.24) is 20.0 Å². The van der Waals surface area contributed by atoms with Crippen LogP contribution in [-0.2, 0) is 6.42 Å². The Labute approximate surface area is 161 Å². The fourth-order valence-electron chi connectivity index (χ4n) is 3.21. The van der Waals surface area contributed by atoms with Crippen molar-refractivity contribution < 1.29 is 9.32 Å². The third kappa shape index (κ3) is 3.71. The number of nitrogens with zero attached hydrogens (tertiary/aromatic N) is 5. The molecule has 1 aliphatic heterocycles. The zero-order valence-corrected chi connectivity index (χ0v) is 16.0. The third-order valence-electron chi connectivity index (χ3n) is 4.62. The van der Waals surface area contributed by atoms with E-state index in [4.69, 9.17) is 4.52 Å². The van der Waals surface area contributed by atoms with Crippen LogP contribution >= 0.6 is 11.3 Å². The zero-order valence-electron chi connectivity index (χ0n) is 15.2. The average molecular weight is 383 g/mol. The SMILES string of the molecule is CCc1noc(-c2cccnc2N2CCCN(C(=O)c3cccs3)CC2)n1. The highest BCUT2D eigenvalue weighted by atomic mass is 32.1. The van der Waals surface area contributed by atoms with Gasteiger partial charge in [-0.15, -0.1) is 11.3 Å². The Morgan fingerprint density at radius 3 is 2.93 bits per heavy atom. The van der Waals surface area contributed by atoms with Gasteiger partial charge >= 0.3 is 0 Å². The van der Waals surface area contributed by atoms with Crippen LogP contribution in [0.5, 0.6) is 0 Å². The number of aromatic nitrogens is 3. The molecule has 0 unspecified atom stereocenters. The highest BCUT2D eigenvalue weighted by Crippen LogP contribution is 2.28. The predicted octanol–water partition coefficient (Wildman–Crippen LogP) is 3.11. The van der Waals surface area contributed by atoms with E-state index in [-0.39, 0.29) is 5.91 Å². The molecule has 0 N–H and O–H groups in total. The molecule has 0 aromatic carbocycles. The van der Waals surface area contributed by atoms with Crippen molar-refractivity contribution in [2.24, 2.45) is 0 Å². The van der Waals surface area contributed by atoms with Gasteiger partial charge in [0.25, 0.3) is 11.8 Å². The summed E-state index contributed by atoms with van der Waals surface area (Å²) >= 11 is 1.49. The summed E-state index contributed by atoms with van der Waals surface area (Å²) in [6.07, 6.45) is 3.38. The lowest BCUT2D eigenvalue weighted by Crippen LogP contribution is -2.35. The zero-order chi connectivity index (χ0) is 18.6. The summed E-state index contributed by atoms with van der Waals surface area (Å²) in [7, 11) is 0. The van der Waals surface area contributed by atoms with Crippen molar-refractivity contribution in [1.29, 1.82) is 0 Å². The topological polar surface area (TPSA) is 75.4 Å². The molecule has 1 amide bonds. The highest BCUT2D eigenvalue weighted by Gasteiger charge is 2.24. The van der Waals surface area contributed by atoms with Gasteiger partial charge in [-0.2, -0.15) is 4.98 Å². The Morgan fingerprint density at radius 1 is 1.22 bits per heavy atom. The molecule has 7 nitrogen and oxygen atoms in total. The van der Waals surface area contributed by atoms with E-state index < -0.39 is 0 Å². The summed E-state index contributed by atoms with van der Waals surface area (Å²) in [6, 6.07) is 7.62. The van der Waals surface area contributed by atoms with E-state index in [0.717, 1.165) is 48.7 Å². The first-order chi connectivity index (χ1) is 13.3. The van der Waals surface area contributed by atoms with Crippen molar-refractivity contribution in [3.05, 3.63) is 46.5 Å². The lowest BCUT2D eigenvalue weighted by Gasteiger charge is -2.23. The second-order valence-electron chi connectivity index (χ2n) is 6.35. The molecule has 1 saturated heterocycles. The van der Waals surface area contributed by atoms with Crippen molar-refractivity contribution in [3.63, 3.8) is 0 Å². The molecule has 4 rings (SSSR count). The van der Waals surface area contributed by atoms with Gasteiger partial charge in [-0.3, -0.25) is 4.79 Å². The summed E-state index contributed by atoms with van der Waals surface area (Å²) in [4.78, 5) is 26.6. The van der Waals surface area contributed by atoms with Crippen LogP contribution in [0.15, 0.2) is 40.4 Å². The normalized spacial score (nSPS) is 15.0. The van der Waals surface area contributed by atoms with Crippen LogP contribution in [-0.4, -0.2) is 52.1 Å². The van der Waals surface area contributed by atoms with Gasteiger partial charge in [0.15, 0.2) is 5.82 Å². The van der Waals surface area contributed by atoms with Crippen molar-refractivity contribution in [3.8, 4) is 11.5 Å². The maximum Gasteiger partial charge on any atom is 0.263 e. The minimum Gasteiger partial charge on any atom is -0.354 e. The van der Waals surface area contributed by atoms with E-state index in [1.807, 2.05) is 41.5 Å². The largest absolute Gasteiger partial charge is 0.354 e. The Kier molecular flexibility index (Phi) is 5.15. The first-order valence-corrected chi connectivity index (χ1v) is 10.00. The second-order valence-corrected chi connectivity index (χ2v) is 7.30. The van der Waals surface area contributed by atoms with E-state index >= 15 is 0 Å². The van der Waals surface area contributed by atoms with Crippen molar-refractivity contribution >= 4 is 23.1 Å². The molecule has 3 aromatic heterocycles. The first kappa shape index (κ1) is 17.7. The smallest absolute Gasteiger partial charge is 0.263 e. The van der Waals surface area contributed by atoms with E-state index in [1.54, 1.807) is 6.20 Å². The van der Waals surface area contributed by atoms with E-state index in [2.05, 4.69) is 20.0 Å². The number of hydrogen-bond donors (Lipinski definition) is 0. The molecule has 0 aliphatic carbocycles. The molecule has 8 heteroatoms. The van der Waals surface area contributed by atoms with Gasteiger partial charge in [0, 0.05) is 38.8 Å². The molecular formula is C19H21N5O2S. The van der Waals surface area contributed by atoms with Gasteiger partial charge in [-0.05, 0) is 30.0 Å². The fourth-order valence-corrected chi connectivity index (χ4v) is 3.90. The molecule has 140 valence electrons. The molecule has 4 heterocycles. The van der Waals surface area contributed by atoms with Gasteiger partial charge in [0.1, 0.15) is 5.82 Å². The number of anilines is 1. The lowest BCUT2D eigenvalue weighted by molar-refractivity contribution is 0.0772. The fraction of sp³-hybridized carbons (Fsp3) is 0.368. The summed E-state index contributed by atoms with van der Waals surface area (Å²) in [5.41, 5.74) is 0.836. The first-order valence-electron chi connectivity index (χ1n) is 9.12. The highest BCUT2D eigenvalue weighted by molar-refractivity contribution is 7.12. The Balaban J connectivity index is 1.54. The van der Waals surface area contributed by atoms with Gasteiger partial charge in [0.05, 0.1) is 10.4 Å². The molecule has 0 atom stereocenters. The minimum atomic E-state index is 0.109. The molecular weight excluding hydrogens is 362 g/mol. The number of amides is 1. The molecule has 3 aromatic rings. The van der Waals surface area contributed by atoms with E-state index in [9.17, 15) is 4.79 Å². The molecule has 1 aliphatic rings. The monoisotopic (exact) mass is 383 g/mol. The Hall–Kier alpha value is -2.74. The number of rotatable bonds is 4. The molecule has 27 heavy (non-hydrogen) atoms. The van der Waals surface area contributed by atoms with Crippen LogP contribution in [0.1, 0.15) is 28.8 Å². The predicted molar refractivity (Wildman–Crippen MR) is 104 cm³/mol. The summed E-state index contributed by atoms with van der Waals surface area (Å²) in [5, 5.41) is 5.93. The number of aryl methyl sites for hydroxylation is 1. The molecule has 0 radical (unpaired) electrons. The van der Waals surface area contributed by atoms with E-state index in [1.165, 1.54) is 11.3 Å². The number of carbonyl (C=O) groups is 1. The van der Waals surface area contributed by atoms with Crippen LogP contribution in [0.3, 0.4) is 0 Å². The van der Waals surface area contributed by atoms with Crippen molar-refractivity contribution in [2.75, 3.05) is 31.1 Å². The van der Waals surface area contributed by atoms with Gasteiger partial charge in [0.2, 0.25) is 0 Å². The van der Waals surface area contributed by atoms with Gasteiger partial charge in [-0.1, -0.05) is 18.1 Å². The molecule has 1 fully saturated rings. The van der Waals surface area contributed by atoms with Crippen LogP contribution < -0.4 is 4.90 Å². The third-order valence-corrected chi connectivity index (χ3v) is 5.47. The molecule has 0 saturated carbocycles. The quantitative estimate of drug-likeness (QED) is 0.689. The molecule has 0 bridgehead atoms. The minimum absolute atomic E-state index is 0.109. The summed E-state index contributed by atoms with van der Waals surface area (Å²) in [6.45, 7) is 4.95. The Morgan fingerprint density at radius 2 is 2.15 bits per heavy atom. The van der Waals surface area contributed by atoms with Crippen LogP contribution in [0.25, 0.3) is 11.5 Å². The van der Waals surface area contributed by atoms with Crippen LogP contribution in [0.4, 0.5) is 5.82 Å². The molecule has 0 spiro atoms. The number of carbonyl (C=O) groups excluding carboxylic acids is 1. The van der Waals surface area contributed by atoms with Gasteiger partial charge in [-0.25, -0.2) is 4.98 Å². The standard InChI is InChI=1S/C19H21N5O2S/c1-2-16-21-18(26-22-16)14-6-3-8-20-17(14)23-9-5-10-24(12-11-23)19(25)15-7-4-13-27-15/h3-4,6-8,13H,2,5,9-12H2,1H3. The summed E-state index contributed by atoms with van der Waals surface area (Å²) in [5.74, 6) is 2.11. The van der Waals surface area contributed by atoms with Crippen LogP contribution in [0.2, 0.25) is 0 Å². The average Bonchev–Trinajstić information content (AvgIpc) is 3.35. The van der Waals surface area contributed by atoms with E-state index in [0.29, 0.717) is 18.3 Å². The maximum absolute atomic E-state index is 12.6. The van der Waals surface area contributed by atoms with Gasteiger partial charge < -0.3 is 14.3 Å². The number of hydrogen-bond acceptors (Lipinski definition) is 7. The van der Waals surface area contributed by atoms with Crippen molar-refractivity contribution in [2.45, 2.75) is 19.8 Å². The maximum atomic E-state index is 12.6. The number of thiophene rings is 1. The van der Waals surface area contributed by atoms with Crippen LogP contribution in [0, 0.1) is 0 Å². The second kappa shape index (κ2) is 7.87. The number of pyridine rings is 1. The Bertz CT molecular complexity index is 908. The summed E-state index contributed by atoms with van der Waals surface area (Å²) < 4.78 is 5.42. The lowest BCUT2D eigenvalue weighted by atomic mass is 10.2.